The molecule has 81 valence electrons. The summed E-state index contributed by atoms with van der Waals surface area (Å²) in [5.41, 5.74) is 1.71. The third-order valence-electron chi connectivity index (χ3n) is 2.03. The molecule has 0 aliphatic heterocycles. The maximum absolute atomic E-state index is 4.32. The Kier molecular flexibility index (Phi) is 3.01. The molecule has 16 heavy (non-hydrogen) atoms. The smallest absolute Gasteiger partial charge is 0.154 e. The third-order valence-corrected chi connectivity index (χ3v) is 2.03. The molecule has 3 aromatic rings. The first-order valence-electron chi connectivity index (χ1n) is 4.45. The number of rotatable bonds is 1. The molecule has 0 fully saturated rings. The van der Waals surface area contributed by atoms with E-state index in [1.807, 2.05) is 24.3 Å². The summed E-state index contributed by atoms with van der Waals surface area (Å²) in [5, 5.41) is 0. The van der Waals surface area contributed by atoms with E-state index in [4.69, 9.17) is 0 Å². The second kappa shape index (κ2) is 4.45. The van der Waals surface area contributed by atoms with Gasteiger partial charge >= 0.3 is 0 Å². The van der Waals surface area contributed by atoms with E-state index in [0.29, 0.717) is 11.6 Å². The van der Waals surface area contributed by atoms with E-state index in [0.717, 1.165) is 11.0 Å². The van der Waals surface area contributed by atoms with Crippen LogP contribution in [0.15, 0.2) is 36.9 Å². The molecule has 0 atom stereocenters. The van der Waals surface area contributed by atoms with Crippen LogP contribution in [0.3, 0.4) is 0 Å². The molecule has 0 amide bonds. The Labute approximate surface area is 104 Å². The average molecular weight is 299 g/mol. The van der Waals surface area contributed by atoms with Crippen LogP contribution in [0.4, 0.5) is 0 Å². The van der Waals surface area contributed by atoms with E-state index in [2.05, 4.69) is 24.9 Å². The number of fused-ring (bicyclic) bond motifs is 1. The fourth-order valence-corrected chi connectivity index (χ4v) is 1.36. The number of hydrogen-bond donors (Lipinski definition) is 0. The van der Waals surface area contributed by atoms with Gasteiger partial charge in [-0.1, -0.05) is 24.3 Å². The molecule has 2 aromatic heterocycles. The molecule has 6 heteroatoms. The molecule has 1 aromatic carbocycles. The van der Waals surface area contributed by atoms with Gasteiger partial charge in [-0.2, -0.15) is 0 Å². The van der Waals surface area contributed by atoms with E-state index < -0.39 is 0 Å². The first-order chi connectivity index (χ1) is 7.43. The number of nitrogens with zero attached hydrogens (tertiary/aromatic N) is 5. The number of para-hydroxylation sites is 2. The second-order valence-corrected chi connectivity index (χ2v) is 3.00. The van der Waals surface area contributed by atoms with Gasteiger partial charge in [-0.15, -0.1) is 0 Å². The molecule has 0 N–H and O–H groups in total. The molecule has 2 heterocycles. The van der Waals surface area contributed by atoms with Gasteiger partial charge in [0.05, 0.1) is 0 Å². The largest absolute Gasteiger partial charge is 0.433 e. The van der Waals surface area contributed by atoms with Crippen molar-refractivity contribution in [2.45, 2.75) is 0 Å². The molecule has 0 saturated heterocycles. The van der Waals surface area contributed by atoms with E-state index in [1.165, 1.54) is 12.7 Å². The number of benzene rings is 1. The van der Waals surface area contributed by atoms with Crippen LogP contribution in [0.2, 0.25) is 0 Å². The Morgan fingerprint density at radius 2 is 1.75 bits per heavy atom. The Hall–Kier alpha value is -1.68. The van der Waals surface area contributed by atoms with Gasteiger partial charge < -0.3 is 9.97 Å². The van der Waals surface area contributed by atoms with Crippen molar-refractivity contribution in [3.63, 3.8) is 0 Å². The first kappa shape index (κ1) is 10.8. The van der Waals surface area contributed by atoms with Crippen molar-refractivity contribution in [2.75, 3.05) is 0 Å². The zero-order valence-electron chi connectivity index (χ0n) is 8.03. The molecular weight excluding hydrogens is 293 g/mol. The molecular formula is C10H6N5Rh-. The molecule has 0 spiro atoms. The minimum Gasteiger partial charge on any atom is -0.433 e. The maximum Gasteiger partial charge on any atom is 0.154 e. The summed E-state index contributed by atoms with van der Waals surface area (Å²) >= 11 is 0. The molecule has 5 nitrogen and oxygen atoms in total. The number of aromatic nitrogens is 5. The first-order valence-corrected chi connectivity index (χ1v) is 4.45. The van der Waals surface area contributed by atoms with Crippen molar-refractivity contribution in [3.05, 3.63) is 36.9 Å². The molecule has 0 bridgehead atoms. The zero-order chi connectivity index (χ0) is 10.1. The Morgan fingerprint density at radius 1 is 1.00 bits per heavy atom. The van der Waals surface area contributed by atoms with E-state index in [1.54, 1.807) is 0 Å². The van der Waals surface area contributed by atoms with Crippen LogP contribution in [-0.4, -0.2) is 19.9 Å². The van der Waals surface area contributed by atoms with Crippen LogP contribution in [0, 0.1) is 0 Å². The molecule has 1 radical (unpaired) electrons. The monoisotopic (exact) mass is 299 g/mol. The van der Waals surface area contributed by atoms with Crippen molar-refractivity contribution < 1.29 is 19.5 Å². The van der Waals surface area contributed by atoms with Gasteiger partial charge in [-0.05, 0) is 16.9 Å². The van der Waals surface area contributed by atoms with Gasteiger partial charge in [0, 0.05) is 19.5 Å². The van der Waals surface area contributed by atoms with Gasteiger partial charge in [0.25, 0.3) is 0 Å². The Balaban J connectivity index is 0.000000963. The Bertz CT molecular complexity index is 559. The van der Waals surface area contributed by atoms with Crippen molar-refractivity contribution in [1.82, 2.24) is 24.9 Å². The summed E-state index contributed by atoms with van der Waals surface area (Å²) in [7, 11) is 0. The summed E-state index contributed by atoms with van der Waals surface area (Å²) in [6, 6.07) is 7.67. The van der Waals surface area contributed by atoms with Crippen LogP contribution >= 0.6 is 0 Å². The molecule has 0 aliphatic rings. The predicted molar refractivity (Wildman–Crippen MR) is 53.9 cm³/mol. The predicted octanol–water partition coefficient (Wildman–Crippen LogP) is 1.04. The van der Waals surface area contributed by atoms with Crippen LogP contribution in [0.25, 0.3) is 22.7 Å². The molecule has 3 rings (SSSR count). The van der Waals surface area contributed by atoms with Crippen molar-refractivity contribution in [1.29, 1.82) is 0 Å². The Morgan fingerprint density at radius 3 is 2.50 bits per heavy atom. The average Bonchev–Trinajstić information content (AvgIpc) is 2.74. The normalized spacial score (nSPS) is 10.0. The summed E-state index contributed by atoms with van der Waals surface area (Å²) in [5.74, 6) is 1.04. The second-order valence-electron chi connectivity index (χ2n) is 3.00. The van der Waals surface area contributed by atoms with Crippen molar-refractivity contribution >= 4 is 11.0 Å². The quantitative estimate of drug-likeness (QED) is 0.628. The van der Waals surface area contributed by atoms with Gasteiger partial charge in [0.2, 0.25) is 0 Å². The number of imidazole rings is 1. The van der Waals surface area contributed by atoms with Gasteiger partial charge in [-0.3, -0.25) is 0 Å². The van der Waals surface area contributed by atoms with Gasteiger partial charge in [0.1, 0.15) is 12.7 Å². The third kappa shape index (κ3) is 1.84. The molecule has 0 saturated carbocycles. The van der Waals surface area contributed by atoms with Crippen LogP contribution in [0.1, 0.15) is 0 Å². The van der Waals surface area contributed by atoms with E-state index in [-0.39, 0.29) is 19.5 Å². The topological polar surface area (TPSA) is 65.7 Å². The van der Waals surface area contributed by atoms with Crippen LogP contribution in [0.5, 0.6) is 0 Å². The van der Waals surface area contributed by atoms with E-state index in [9.17, 15) is 0 Å². The van der Waals surface area contributed by atoms with Crippen molar-refractivity contribution in [3.8, 4) is 11.6 Å². The minimum absolute atomic E-state index is 0. The van der Waals surface area contributed by atoms with Crippen LogP contribution in [-0.2, 0) is 19.5 Å². The van der Waals surface area contributed by atoms with Gasteiger partial charge in [-0.25, -0.2) is 15.0 Å². The summed E-state index contributed by atoms with van der Waals surface area (Å²) in [4.78, 5) is 20.4. The fourth-order valence-electron chi connectivity index (χ4n) is 1.36. The van der Waals surface area contributed by atoms with E-state index >= 15 is 0 Å². The van der Waals surface area contributed by atoms with Gasteiger partial charge in [0.15, 0.2) is 5.82 Å². The molecule has 0 aliphatic carbocycles. The van der Waals surface area contributed by atoms with Crippen molar-refractivity contribution in [2.24, 2.45) is 0 Å². The summed E-state index contributed by atoms with van der Waals surface area (Å²) in [6.07, 6.45) is 2.87. The number of hydrogen-bond acceptors (Lipinski definition) is 4. The van der Waals surface area contributed by atoms with Crippen LogP contribution < -0.4 is 4.98 Å². The summed E-state index contributed by atoms with van der Waals surface area (Å²) < 4.78 is 0. The zero-order valence-corrected chi connectivity index (χ0v) is 9.67. The minimum atomic E-state index is 0. The SMILES string of the molecule is [Rh].c1ccc2[n-]c(-c3ncncn3)nc2c1. The fraction of sp³-hybridized carbons (Fsp3) is 0. The summed E-state index contributed by atoms with van der Waals surface area (Å²) in [6.45, 7) is 0. The standard InChI is InChI=1S/C10H6N5.Rh/c1-2-4-8-7(3-1)14-10(15-8)9-12-5-11-6-13-9;/h1-6H;/q-1;. The molecule has 0 unspecified atom stereocenters. The maximum atomic E-state index is 4.32.